The molecule has 1 heterocycles. The predicted octanol–water partition coefficient (Wildman–Crippen LogP) is 5.00. The Kier molecular flexibility index (Phi) is 7.65. The predicted molar refractivity (Wildman–Crippen MR) is 108 cm³/mol. The molecule has 0 bridgehead atoms. The molecule has 0 unspecified atom stereocenters. The van der Waals surface area contributed by atoms with E-state index >= 15 is 0 Å². The van der Waals surface area contributed by atoms with E-state index in [0.29, 0.717) is 24.1 Å². The first kappa shape index (κ1) is 21.2. The molecule has 2 amide bonds. The molecule has 1 aromatic carbocycles. The number of aromatic nitrogens is 1. The van der Waals surface area contributed by atoms with Crippen LogP contribution in [0.15, 0.2) is 27.1 Å². The van der Waals surface area contributed by atoms with Crippen LogP contribution in [0.25, 0.3) is 11.1 Å². The molecular formula is C19H26BrN3O4. The van der Waals surface area contributed by atoms with Gasteiger partial charge in [-0.15, -0.1) is 0 Å². The molecule has 0 aliphatic heterocycles. The summed E-state index contributed by atoms with van der Waals surface area (Å²) in [5.74, 6) is -0.118. The normalized spacial score (nSPS) is 11.4. The minimum atomic E-state index is -0.483. The molecule has 0 aliphatic carbocycles. The number of rotatable bonds is 8. The maximum atomic E-state index is 12.0. The molecule has 0 saturated carbocycles. The summed E-state index contributed by atoms with van der Waals surface area (Å²) in [5.41, 5.74) is 0.839. The van der Waals surface area contributed by atoms with Crippen molar-refractivity contribution in [3.63, 3.8) is 0 Å². The number of amides is 2. The third kappa shape index (κ3) is 7.99. The molecule has 2 N–H and O–H groups in total. The lowest BCUT2D eigenvalue weighted by atomic mass is 10.1. The van der Waals surface area contributed by atoms with E-state index in [-0.39, 0.29) is 11.9 Å². The summed E-state index contributed by atoms with van der Waals surface area (Å²) in [4.78, 5) is 27.7. The number of nitrogens with zero attached hydrogens (tertiary/aromatic N) is 1. The smallest absolute Gasteiger partial charge is 0.407 e. The molecule has 0 saturated heterocycles. The zero-order valence-electron chi connectivity index (χ0n) is 15.9. The highest BCUT2D eigenvalue weighted by Gasteiger charge is 2.15. The van der Waals surface area contributed by atoms with Crippen LogP contribution in [0.5, 0.6) is 0 Å². The Balaban J connectivity index is 1.57. The number of fused-ring (bicyclic) bond motifs is 1. The number of carbonyl (C=O) groups excluding carboxylic acids is 2. The number of unbranched alkanes of at least 4 members (excludes halogenated alkanes) is 3. The quantitative estimate of drug-likeness (QED) is 0.564. The van der Waals surface area contributed by atoms with Crippen LogP contribution in [0.3, 0.4) is 0 Å². The third-order valence-corrected chi connectivity index (χ3v) is 4.09. The number of anilines is 1. The Morgan fingerprint density at radius 2 is 1.93 bits per heavy atom. The van der Waals surface area contributed by atoms with Crippen LogP contribution in [0.2, 0.25) is 0 Å². The van der Waals surface area contributed by atoms with Crippen LogP contribution in [0.4, 0.5) is 10.8 Å². The van der Waals surface area contributed by atoms with Crippen molar-refractivity contribution in [3.05, 3.63) is 22.7 Å². The van der Waals surface area contributed by atoms with Gasteiger partial charge in [0.2, 0.25) is 5.91 Å². The molecule has 0 spiro atoms. The van der Waals surface area contributed by atoms with E-state index in [1.807, 2.05) is 32.9 Å². The first-order valence-corrected chi connectivity index (χ1v) is 9.85. The van der Waals surface area contributed by atoms with Crippen LogP contribution in [0.1, 0.15) is 52.9 Å². The number of hydrogen-bond donors (Lipinski definition) is 2. The van der Waals surface area contributed by atoms with Gasteiger partial charge >= 0.3 is 12.1 Å². The van der Waals surface area contributed by atoms with Gasteiger partial charge in [0.05, 0.1) is 0 Å². The van der Waals surface area contributed by atoms with E-state index in [9.17, 15) is 9.59 Å². The van der Waals surface area contributed by atoms with Crippen molar-refractivity contribution in [3.8, 4) is 0 Å². The van der Waals surface area contributed by atoms with E-state index in [0.717, 1.165) is 30.2 Å². The number of oxazole rings is 1. The second kappa shape index (κ2) is 9.73. The summed E-state index contributed by atoms with van der Waals surface area (Å²) in [7, 11) is 0. The van der Waals surface area contributed by atoms with Gasteiger partial charge in [-0.1, -0.05) is 28.8 Å². The first-order valence-electron chi connectivity index (χ1n) is 9.06. The fraction of sp³-hybridized carbons (Fsp3) is 0.526. The van der Waals surface area contributed by atoms with E-state index in [2.05, 4.69) is 31.5 Å². The molecule has 2 rings (SSSR count). The highest BCUT2D eigenvalue weighted by molar-refractivity contribution is 9.10. The number of ether oxygens (including phenoxy) is 1. The molecule has 7 nitrogen and oxygen atoms in total. The Bertz CT molecular complexity index is 783. The fourth-order valence-corrected chi connectivity index (χ4v) is 2.75. The summed E-state index contributed by atoms with van der Waals surface area (Å²) in [6, 6.07) is 5.71. The van der Waals surface area contributed by atoms with Gasteiger partial charge in [0.1, 0.15) is 11.1 Å². The summed E-state index contributed by atoms with van der Waals surface area (Å²) in [5, 5.41) is 5.41. The second-order valence-electron chi connectivity index (χ2n) is 7.27. The summed E-state index contributed by atoms with van der Waals surface area (Å²) in [6.45, 7) is 6.06. The Labute approximate surface area is 167 Å². The van der Waals surface area contributed by atoms with Crippen LogP contribution < -0.4 is 10.6 Å². The lowest BCUT2D eigenvalue weighted by Gasteiger charge is -2.19. The minimum absolute atomic E-state index is 0.118. The maximum Gasteiger partial charge on any atom is 0.407 e. The highest BCUT2D eigenvalue weighted by atomic mass is 79.9. The number of nitrogens with one attached hydrogen (secondary N) is 2. The van der Waals surface area contributed by atoms with Crippen molar-refractivity contribution >= 4 is 45.0 Å². The summed E-state index contributed by atoms with van der Waals surface area (Å²) < 4.78 is 11.6. The molecule has 0 aliphatic rings. The summed E-state index contributed by atoms with van der Waals surface area (Å²) in [6.07, 6.45) is 3.46. The fourth-order valence-electron chi connectivity index (χ4n) is 2.40. The highest BCUT2D eigenvalue weighted by Crippen LogP contribution is 2.22. The van der Waals surface area contributed by atoms with Crippen molar-refractivity contribution in [1.29, 1.82) is 0 Å². The van der Waals surface area contributed by atoms with E-state index < -0.39 is 11.7 Å². The summed E-state index contributed by atoms with van der Waals surface area (Å²) >= 11 is 3.37. The molecule has 2 aromatic rings. The van der Waals surface area contributed by atoms with Crippen LogP contribution >= 0.6 is 15.9 Å². The van der Waals surface area contributed by atoms with Gasteiger partial charge in [0, 0.05) is 17.4 Å². The van der Waals surface area contributed by atoms with Crippen molar-refractivity contribution in [2.75, 3.05) is 11.9 Å². The van der Waals surface area contributed by atoms with E-state index in [4.69, 9.17) is 9.15 Å². The molecule has 0 radical (unpaired) electrons. The van der Waals surface area contributed by atoms with Crippen molar-refractivity contribution in [1.82, 2.24) is 10.3 Å². The zero-order chi connectivity index (χ0) is 19.9. The maximum absolute atomic E-state index is 12.0. The zero-order valence-corrected chi connectivity index (χ0v) is 17.5. The average Bonchev–Trinajstić information content (AvgIpc) is 2.93. The lowest BCUT2D eigenvalue weighted by Crippen LogP contribution is -2.32. The lowest BCUT2D eigenvalue weighted by molar-refractivity contribution is -0.116. The van der Waals surface area contributed by atoms with Gasteiger partial charge in [-0.05, 0) is 51.8 Å². The molecule has 8 heteroatoms. The Morgan fingerprint density at radius 1 is 1.19 bits per heavy atom. The van der Waals surface area contributed by atoms with Gasteiger partial charge in [-0.25, -0.2) is 4.79 Å². The van der Waals surface area contributed by atoms with Gasteiger partial charge in [0.25, 0.3) is 0 Å². The molecular weight excluding hydrogens is 414 g/mol. The van der Waals surface area contributed by atoms with Gasteiger partial charge in [0.15, 0.2) is 5.58 Å². The van der Waals surface area contributed by atoms with Crippen molar-refractivity contribution in [2.45, 2.75) is 58.5 Å². The van der Waals surface area contributed by atoms with Crippen molar-refractivity contribution in [2.24, 2.45) is 0 Å². The Hall–Kier alpha value is -2.09. The van der Waals surface area contributed by atoms with E-state index in [1.165, 1.54) is 0 Å². The molecule has 1 aromatic heterocycles. The van der Waals surface area contributed by atoms with Crippen molar-refractivity contribution < 1.29 is 18.7 Å². The minimum Gasteiger partial charge on any atom is -0.444 e. The Morgan fingerprint density at radius 3 is 2.67 bits per heavy atom. The molecule has 0 fully saturated rings. The molecule has 0 atom stereocenters. The third-order valence-electron chi connectivity index (χ3n) is 3.59. The monoisotopic (exact) mass is 439 g/mol. The number of halogens is 1. The SMILES string of the molecule is CC(C)(C)OC(=O)NCCCCCCC(=O)Nc1nc2cc(Br)ccc2o1. The second-order valence-corrected chi connectivity index (χ2v) is 8.19. The van der Waals surface area contributed by atoms with Gasteiger partial charge < -0.3 is 14.5 Å². The van der Waals surface area contributed by atoms with Crippen LogP contribution in [0, 0.1) is 0 Å². The number of benzene rings is 1. The largest absolute Gasteiger partial charge is 0.444 e. The first-order chi connectivity index (χ1) is 12.7. The molecule has 148 valence electrons. The number of hydrogen-bond acceptors (Lipinski definition) is 5. The average molecular weight is 440 g/mol. The topological polar surface area (TPSA) is 93.5 Å². The standard InChI is InChI=1S/C19H26BrN3O4/c1-19(2,3)27-18(25)21-11-7-5-4-6-8-16(24)23-17-22-14-12-13(20)9-10-15(14)26-17/h9-10,12H,4-8,11H2,1-3H3,(H,21,25)(H,22,23,24). The van der Waals surface area contributed by atoms with Crippen LogP contribution in [-0.2, 0) is 9.53 Å². The number of carbonyl (C=O) groups is 2. The van der Waals surface area contributed by atoms with Crippen LogP contribution in [-0.4, -0.2) is 29.1 Å². The number of alkyl carbamates (subject to hydrolysis) is 1. The van der Waals surface area contributed by atoms with Gasteiger partial charge in [-0.2, -0.15) is 4.98 Å². The van der Waals surface area contributed by atoms with Gasteiger partial charge in [-0.3, -0.25) is 10.1 Å². The molecule has 27 heavy (non-hydrogen) atoms. The van der Waals surface area contributed by atoms with E-state index in [1.54, 1.807) is 6.07 Å².